The normalized spacial score (nSPS) is 12.4. The third-order valence-electron chi connectivity index (χ3n) is 3.04. The Hall–Kier alpha value is -2.49. The number of carbonyl (C=O) groups is 1. The number of ether oxygens (including phenoxy) is 2. The topological polar surface area (TPSA) is 55.8 Å². The fourth-order valence-corrected chi connectivity index (χ4v) is 2.18. The summed E-state index contributed by atoms with van der Waals surface area (Å²) >= 11 is 0. The smallest absolute Gasteiger partial charge is 0.307 e. The number of carboxylic acids is 1. The van der Waals surface area contributed by atoms with E-state index in [1.165, 1.54) is 0 Å². The minimum Gasteiger partial charge on any atom is -0.481 e. The fourth-order valence-electron chi connectivity index (χ4n) is 2.18. The molecule has 0 spiro atoms. The third kappa shape index (κ3) is 2.25. The molecule has 0 saturated heterocycles. The minimum atomic E-state index is -0.840. The van der Waals surface area contributed by atoms with Crippen molar-refractivity contribution in [3.05, 3.63) is 48.0 Å². The summed E-state index contributed by atoms with van der Waals surface area (Å²) in [5.74, 6) is 0.579. The summed E-state index contributed by atoms with van der Waals surface area (Å²) in [4.78, 5) is 10.9. The van der Waals surface area contributed by atoms with Crippen molar-refractivity contribution in [3.8, 4) is 22.6 Å². The highest BCUT2D eigenvalue weighted by atomic mass is 16.7. The molecule has 0 aliphatic carbocycles. The lowest BCUT2D eigenvalue weighted by Gasteiger charge is -2.08. The molecule has 0 radical (unpaired) electrons. The van der Waals surface area contributed by atoms with Gasteiger partial charge in [0.1, 0.15) is 0 Å². The summed E-state index contributed by atoms with van der Waals surface area (Å²) in [6.45, 7) is 0.232. The van der Waals surface area contributed by atoms with Crippen LogP contribution in [0.15, 0.2) is 42.5 Å². The maximum absolute atomic E-state index is 10.9. The highest BCUT2D eigenvalue weighted by molar-refractivity contribution is 5.77. The van der Waals surface area contributed by atoms with Gasteiger partial charge in [0, 0.05) is 0 Å². The largest absolute Gasteiger partial charge is 0.481 e. The van der Waals surface area contributed by atoms with E-state index in [-0.39, 0.29) is 13.2 Å². The molecule has 0 amide bonds. The van der Waals surface area contributed by atoms with E-state index < -0.39 is 5.97 Å². The molecule has 0 bridgehead atoms. The zero-order chi connectivity index (χ0) is 13.2. The van der Waals surface area contributed by atoms with Gasteiger partial charge in [-0.1, -0.05) is 30.3 Å². The molecule has 0 atom stereocenters. The molecule has 0 fully saturated rings. The van der Waals surface area contributed by atoms with Crippen LogP contribution in [-0.4, -0.2) is 17.9 Å². The summed E-state index contributed by atoms with van der Waals surface area (Å²) in [6.07, 6.45) is 0.00458. The van der Waals surface area contributed by atoms with Crippen LogP contribution >= 0.6 is 0 Å². The molecule has 0 saturated carbocycles. The van der Waals surface area contributed by atoms with Gasteiger partial charge in [-0.2, -0.15) is 0 Å². The van der Waals surface area contributed by atoms with E-state index in [2.05, 4.69) is 0 Å². The van der Waals surface area contributed by atoms with Crippen molar-refractivity contribution < 1.29 is 19.4 Å². The van der Waals surface area contributed by atoms with E-state index in [1.807, 2.05) is 42.5 Å². The Morgan fingerprint density at radius 3 is 2.74 bits per heavy atom. The summed E-state index contributed by atoms with van der Waals surface area (Å²) in [5, 5.41) is 8.95. The van der Waals surface area contributed by atoms with Gasteiger partial charge < -0.3 is 14.6 Å². The predicted octanol–water partition coefficient (Wildman–Crippen LogP) is 2.71. The Kier molecular flexibility index (Phi) is 2.83. The van der Waals surface area contributed by atoms with Crippen molar-refractivity contribution in [2.75, 3.05) is 6.79 Å². The monoisotopic (exact) mass is 256 g/mol. The zero-order valence-electron chi connectivity index (χ0n) is 10.1. The van der Waals surface area contributed by atoms with E-state index in [0.717, 1.165) is 22.4 Å². The molecule has 19 heavy (non-hydrogen) atoms. The highest BCUT2D eigenvalue weighted by Gasteiger charge is 2.15. The maximum Gasteiger partial charge on any atom is 0.307 e. The molecule has 1 aliphatic rings. The molecule has 3 rings (SSSR count). The summed E-state index contributed by atoms with van der Waals surface area (Å²) < 4.78 is 10.6. The number of benzene rings is 2. The molecule has 96 valence electrons. The van der Waals surface area contributed by atoms with Gasteiger partial charge >= 0.3 is 5.97 Å². The first-order chi connectivity index (χ1) is 9.24. The van der Waals surface area contributed by atoms with Crippen LogP contribution in [0.5, 0.6) is 11.5 Å². The van der Waals surface area contributed by atoms with Crippen LogP contribution in [0.3, 0.4) is 0 Å². The van der Waals surface area contributed by atoms with Gasteiger partial charge in [0.15, 0.2) is 11.5 Å². The molecule has 4 nitrogen and oxygen atoms in total. The summed E-state index contributed by atoms with van der Waals surface area (Å²) in [7, 11) is 0. The van der Waals surface area contributed by atoms with Gasteiger partial charge in [0.25, 0.3) is 0 Å². The van der Waals surface area contributed by atoms with Gasteiger partial charge in [-0.05, 0) is 28.8 Å². The number of hydrogen-bond donors (Lipinski definition) is 1. The van der Waals surface area contributed by atoms with Crippen molar-refractivity contribution >= 4 is 5.97 Å². The standard InChI is InChI=1S/C15H12O4/c16-15(17)8-10-3-1-2-4-12(10)11-5-6-13-14(7-11)19-9-18-13/h1-7H,8-9H2,(H,16,17). The van der Waals surface area contributed by atoms with Gasteiger partial charge in [-0.3, -0.25) is 4.79 Å². The Morgan fingerprint density at radius 2 is 1.89 bits per heavy atom. The molecule has 0 aromatic heterocycles. The quantitative estimate of drug-likeness (QED) is 0.917. The van der Waals surface area contributed by atoms with Crippen molar-refractivity contribution in [2.45, 2.75) is 6.42 Å². The van der Waals surface area contributed by atoms with Crippen LogP contribution in [0.1, 0.15) is 5.56 Å². The van der Waals surface area contributed by atoms with Gasteiger partial charge in [-0.15, -0.1) is 0 Å². The minimum absolute atomic E-state index is 0.00458. The molecule has 1 aliphatic heterocycles. The second kappa shape index (κ2) is 4.65. The van der Waals surface area contributed by atoms with E-state index in [4.69, 9.17) is 14.6 Å². The van der Waals surface area contributed by atoms with Gasteiger partial charge in [0.2, 0.25) is 6.79 Å². The second-order valence-electron chi connectivity index (χ2n) is 4.30. The second-order valence-corrected chi connectivity index (χ2v) is 4.30. The lowest BCUT2D eigenvalue weighted by atomic mass is 9.97. The molecule has 0 unspecified atom stereocenters. The first kappa shape index (κ1) is 11.6. The number of aliphatic carboxylic acids is 1. The number of carboxylic acid groups (broad SMARTS) is 1. The first-order valence-corrected chi connectivity index (χ1v) is 5.94. The Bertz CT molecular complexity index is 634. The molecular formula is C15H12O4. The maximum atomic E-state index is 10.9. The highest BCUT2D eigenvalue weighted by Crippen LogP contribution is 2.36. The number of fused-ring (bicyclic) bond motifs is 1. The number of rotatable bonds is 3. The van der Waals surface area contributed by atoms with Crippen LogP contribution in [-0.2, 0) is 11.2 Å². The number of hydrogen-bond acceptors (Lipinski definition) is 3. The zero-order valence-corrected chi connectivity index (χ0v) is 10.1. The van der Waals surface area contributed by atoms with Crippen LogP contribution in [0, 0.1) is 0 Å². The predicted molar refractivity (Wildman–Crippen MR) is 69.3 cm³/mol. The van der Waals surface area contributed by atoms with Crippen molar-refractivity contribution in [2.24, 2.45) is 0 Å². The van der Waals surface area contributed by atoms with Crippen LogP contribution in [0.2, 0.25) is 0 Å². The van der Waals surface area contributed by atoms with Crippen LogP contribution < -0.4 is 9.47 Å². The summed E-state index contributed by atoms with van der Waals surface area (Å²) in [6, 6.07) is 13.1. The molecular weight excluding hydrogens is 244 g/mol. The molecule has 4 heteroatoms. The Labute approximate surface area is 110 Å². The van der Waals surface area contributed by atoms with E-state index >= 15 is 0 Å². The van der Waals surface area contributed by atoms with Gasteiger partial charge in [-0.25, -0.2) is 0 Å². The van der Waals surface area contributed by atoms with Crippen LogP contribution in [0.25, 0.3) is 11.1 Å². The molecule has 1 N–H and O–H groups in total. The van der Waals surface area contributed by atoms with Crippen molar-refractivity contribution in [1.82, 2.24) is 0 Å². The Balaban J connectivity index is 2.04. The van der Waals surface area contributed by atoms with E-state index in [9.17, 15) is 4.79 Å². The Morgan fingerprint density at radius 1 is 1.11 bits per heavy atom. The lowest BCUT2D eigenvalue weighted by molar-refractivity contribution is -0.136. The molecule has 1 heterocycles. The summed E-state index contributed by atoms with van der Waals surface area (Å²) in [5.41, 5.74) is 2.62. The van der Waals surface area contributed by atoms with Gasteiger partial charge in [0.05, 0.1) is 6.42 Å². The van der Waals surface area contributed by atoms with E-state index in [1.54, 1.807) is 0 Å². The van der Waals surface area contributed by atoms with E-state index in [0.29, 0.717) is 5.75 Å². The lowest BCUT2D eigenvalue weighted by Crippen LogP contribution is -2.01. The average Bonchev–Trinajstić information content (AvgIpc) is 2.86. The molecule has 2 aromatic carbocycles. The third-order valence-corrected chi connectivity index (χ3v) is 3.04. The average molecular weight is 256 g/mol. The first-order valence-electron chi connectivity index (χ1n) is 5.94. The van der Waals surface area contributed by atoms with Crippen molar-refractivity contribution in [1.29, 1.82) is 0 Å². The fraction of sp³-hybridized carbons (Fsp3) is 0.133. The molecule has 2 aromatic rings. The SMILES string of the molecule is O=C(O)Cc1ccccc1-c1ccc2c(c1)OCO2. The van der Waals surface area contributed by atoms with Crippen molar-refractivity contribution in [3.63, 3.8) is 0 Å². The van der Waals surface area contributed by atoms with Crippen LogP contribution in [0.4, 0.5) is 0 Å².